The van der Waals surface area contributed by atoms with E-state index in [1.54, 1.807) is 11.6 Å². The van der Waals surface area contributed by atoms with Crippen LogP contribution in [0.5, 0.6) is 5.75 Å². The molecule has 9 heteroatoms. The number of ether oxygens (including phenoxy) is 1. The molecule has 1 aromatic carbocycles. The molecule has 2 unspecified atom stereocenters. The molecule has 1 aromatic rings. The summed E-state index contributed by atoms with van der Waals surface area (Å²) in [4.78, 5) is 32.7. The summed E-state index contributed by atoms with van der Waals surface area (Å²) >= 11 is 0. The Morgan fingerprint density at radius 1 is 1.21 bits per heavy atom. The van der Waals surface area contributed by atoms with Crippen LogP contribution in [0.1, 0.15) is 44.6 Å². The number of aliphatic hydroxyl groups excluding tert-OH is 1. The molecule has 9 nitrogen and oxygen atoms in total. The van der Waals surface area contributed by atoms with Gasteiger partial charge in [0.1, 0.15) is 18.5 Å². The van der Waals surface area contributed by atoms with Gasteiger partial charge in [-0.2, -0.15) is 0 Å². The maximum absolute atomic E-state index is 13.0. The zero-order chi connectivity index (χ0) is 23.5. The summed E-state index contributed by atoms with van der Waals surface area (Å²) in [5.41, 5.74) is 1.16. The minimum atomic E-state index is -0.853. The number of carbonyl (C=O) groups excluding carboxylic acids is 2. The number of amidine groups is 1. The van der Waals surface area contributed by atoms with Gasteiger partial charge in [-0.15, -0.1) is 0 Å². The van der Waals surface area contributed by atoms with E-state index in [0.29, 0.717) is 17.5 Å². The fourth-order valence-corrected chi connectivity index (χ4v) is 4.66. The molecule has 1 aliphatic carbocycles. The minimum Gasteiger partial charge on any atom is -0.491 e. The third kappa shape index (κ3) is 4.88. The third-order valence-corrected chi connectivity index (χ3v) is 6.63. The Kier molecular flexibility index (Phi) is 6.97. The van der Waals surface area contributed by atoms with Gasteiger partial charge in [-0.1, -0.05) is 43.3 Å². The fraction of sp³-hybridized carbons (Fsp3) is 0.583. The standard InChI is InChI=1S/C24H33N5O4/c1-4-16-9-8-12-19(13-16)33-15-18(30)14-29-20-21(27(2)24(32)28(3)22(20)31)26-23(29)25-17-10-6-5-7-11-17/h8-9,12-13,17-18,20,30H,4-7,10-11,14-15H2,1-3H3/p+1. The molecule has 3 aliphatic rings. The van der Waals surface area contributed by atoms with Gasteiger partial charge in [0.2, 0.25) is 11.9 Å². The second kappa shape index (κ2) is 9.91. The molecule has 2 fully saturated rings. The van der Waals surface area contributed by atoms with Gasteiger partial charge >= 0.3 is 12.0 Å². The van der Waals surface area contributed by atoms with E-state index in [4.69, 9.17) is 4.74 Å². The molecule has 0 bridgehead atoms. The zero-order valence-corrected chi connectivity index (χ0v) is 19.7. The number of aliphatic hydroxyl groups is 1. The van der Waals surface area contributed by atoms with Crippen LogP contribution in [0.4, 0.5) is 4.79 Å². The Balaban J connectivity index is 1.52. The molecule has 4 rings (SSSR count). The molecule has 1 saturated heterocycles. The van der Waals surface area contributed by atoms with E-state index >= 15 is 0 Å². The van der Waals surface area contributed by atoms with Crippen molar-refractivity contribution in [3.8, 4) is 5.75 Å². The Hall–Kier alpha value is -2.94. The average molecular weight is 457 g/mol. The first-order chi connectivity index (χ1) is 15.9. The lowest BCUT2D eigenvalue weighted by Gasteiger charge is -2.32. The molecule has 0 aromatic heterocycles. The summed E-state index contributed by atoms with van der Waals surface area (Å²) in [6.07, 6.45) is 5.65. The number of aryl methyl sites for hydroxylation is 1. The highest BCUT2D eigenvalue weighted by molar-refractivity contribution is 6.22. The molecule has 0 radical (unpaired) electrons. The summed E-state index contributed by atoms with van der Waals surface area (Å²) in [5.74, 6) is 1.29. The van der Waals surface area contributed by atoms with Crippen LogP contribution in [0.25, 0.3) is 0 Å². The van der Waals surface area contributed by atoms with E-state index in [1.165, 1.54) is 18.4 Å². The number of amides is 3. The largest absolute Gasteiger partial charge is 0.491 e. The van der Waals surface area contributed by atoms with Crippen LogP contribution in [0.15, 0.2) is 29.3 Å². The van der Waals surface area contributed by atoms with Gasteiger partial charge in [0, 0.05) is 14.1 Å². The van der Waals surface area contributed by atoms with Crippen molar-refractivity contribution in [2.45, 2.75) is 63.6 Å². The van der Waals surface area contributed by atoms with Gasteiger partial charge in [0.15, 0.2) is 0 Å². The first-order valence-electron chi connectivity index (χ1n) is 11.8. The lowest BCUT2D eigenvalue weighted by atomic mass is 9.96. The number of nitrogens with one attached hydrogen (secondary N) is 1. The Bertz CT molecular complexity index is 969. The molecule has 1 saturated carbocycles. The number of nitrogens with zero attached hydrogens (tertiary/aromatic N) is 4. The predicted octanol–water partition coefficient (Wildman–Crippen LogP) is 1.58. The number of hydrogen-bond donors (Lipinski definition) is 2. The summed E-state index contributed by atoms with van der Waals surface area (Å²) in [7, 11) is 3.10. The first kappa shape index (κ1) is 23.2. The Morgan fingerprint density at radius 3 is 2.70 bits per heavy atom. The first-order valence-corrected chi connectivity index (χ1v) is 11.8. The van der Waals surface area contributed by atoms with E-state index in [1.807, 2.05) is 24.3 Å². The van der Waals surface area contributed by atoms with E-state index in [-0.39, 0.29) is 25.1 Å². The average Bonchev–Trinajstić information content (AvgIpc) is 3.18. The maximum Gasteiger partial charge on any atom is 0.390 e. The van der Waals surface area contributed by atoms with E-state index in [9.17, 15) is 14.7 Å². The molecule has 2 heterocycles. The highest BCUT2D eigenvalue weighted by Gasteiger charge is 2.52. The number of imide groups is 1. The van der Waals surface area contributed by atoms with Gasteiger partial charge in [-0.05, 0) is 37.0 Å². The van der Waals surface area contributed by atoms with Crippen molar-refractivity contribution in [2.75, 3.05) is 27.2 Å². The van der Waals surface area contributed by atoms with Crippen LogP contribution in [-0.2, 0) is 11.2 Å². The predicted molar refractivity (Wildman–Crippen MR) is 125 cm³/mol. The number of aliphatic imine (C=N–C) groups is 1. The molecular formula is C24H34N5O4+. The number of fused-ring (bicyclic) bond motifs is 1. The fourth-order valence-electron chi connectivity index (χ4n) is 4.66. The summed E-state index contributed by atoms with van der Waals surface area (Å²) in [6, 6.07) is 6.91. The lowest BCUT2D eigenvalue weighted by molar-refractivity contribution is -0.546. The van der Waals surface area contributed by atoms with Gasteiger partial charge in [-0.25, -0.2) is 9.37 Å². The SMILES string of the molecule is CCc1cccc(OCC(O)C[N+]2=C(NC3CCCCC3)N=C3C2C(=O)N(C)C(=O)N3C)c1. The maximum atomic E-state index is 13.0. The van der Waals surface area contributed by atoms with Gasteiger partial charge < -0.3 is 9.84 Å². The quantitative estimate of drug-likeness (QED) is 0.608. The van der Waals surface area contributed by atoms with Crippen LogP contribution >= 0.6 is 0 Å². The number of β-amino-alcohol motifs (C(OH)–C–C–N with tert-alkyl or cyclic N) is 1. The van der Waals surface area contributed by atoms with Crippen molar-refractivity contribution in [1.82, 2.24) is 15.1 Å². The number of carbonyl (C=O) groups is 2. The monoisotopic (exact) mass is 456 g/mol. The molecule has 3 amide bonds. The molecule has 2 N–H and O–H groups in total. The van der Waals surface area contributed by atoms with Crippen molar-refractivity contribution in [1.29, 1.82) is 0 Å². The normalized spacial score (nSPS) is 22.4. The number of guanidine groups is 1. The van der Waals surface area contributed by atoms with Crippen molar-refractivity contribution >= 4 is 23.7 Å². The van der Waals surface area contributed by atoms with Crippen molar-refractivity contribution in [3.63, 3.8) is 0 Å². The van der Waals surface area contributed by atoms with Crippen LogP contribution in [0.3, 0.4) is 0 Å². The van der Waals surface area contributed by atoms with Gasteiger partial charge in [0.25, 0.3) is 5.91 Å². The van der Waals surface area contributed by atoms with Crippen LogP contribution < -0.4 is 10.1 Å². The minimum absolute atomic E-state index is 0.0846. The third-order valence-electron chi connectivity index (χ3n) is 6.63. The van der Waals surface area contributed by atoms with Crippen molar-refractivity contribution in [2.24, 2.45) is 4.99 Å². The van der Waals surface area contributed by atoms with Gasteiger partial charge in [0.05, 0.1) is 12.6 Å². The second-order valence-corrected chi connectivity index (χ2v) is 9.03. The molecule has 0 spiro atoms. The Morgan fingerprint density at radius 2 is 1.97 bits per heavy atom. The summed E-state index contributed by atoms with van der Waals surface area (Å²) in [5, 5.41) is 14.3. The molecule has 178 valence electrons. The summed E-state index contributed by atoms with van der Waals surface area (Å²) in [6.45, 7) is 2.32. The number of likely N-dealkylation sites (N-methyl/N-ethyl adjacent to an activating group) is 2. The smallest absolute Gasteiger partial charge is 0.390 e. The van der Waals surface area contributed by atoms with Crippen LogP contribution in [0, 0.1) is 0 Å². The highest BCUT2D eigenvalue weighted by atomic mass is 16.5. The molecule has 2 atom stereocenters. The number of hydrogen-bond acceptors (Lipinski definition) is 6. The van der Waals surface area contributed by atoms with Crippen LogP contribution in [-0.4, -0.2) is 88.6 Å². The number of benzene rings is 1. The zero-order valence-electron chi connectivity index (χ0n) is 19.7. The highest BCUT2D eigenvalue weighted by Crippen LogP contribution is 2.22. The topological polar surface area (TPSA) is 97.5 Å². The van der Waals surface area contributed by atoms with E-state index < -0.39 is 18.2 Å². The molecule has 33 heavy (non-hydrogen) atoms. The number of urea groups is 1. The lowest BCUT2D eigenvalue weighted by Crippen LogP contribution is -2.62. The molecular weight excluding hydrogens is 422 g/mol. The van der Waals surface area contributed by atoms with E-state index in [0.717, 1.165) is 42.6 Å². The van der Waals surface area contributed by atoms with E-state index in [2.05, 4.69) is 17.2 Å². The van der Waals surface area contributed by atoms with Crippen molar-refractivity contribution in [3.05, 3.63) is 29.8 Å². The second-order valence-electron chi connectivity index (χ2n) is 9.03. The van der Waals surface area contributed by atoms with Gasteiger partial charge in [-0.3, -0.25) is 19.9 Å². The van der Waals surface area contributed by atoms with Crippen molar-refractivity contribution < 1.29 is 24.0 Å². The summed E-state index contributed by atoms with van der Waals surface area (Å²) < 4.78 is 7.60. The van der Waals surface area contributed by atoms with Crippen LogP contribution in [0.2, 0.25) is 0 Å². The number of rotatable bonds is 7. The Labute approximate surface area is 194 Å². The molecule has 2 aliphatic heterocycles.